The van der Waals surface area contributed by atoms with E-state index in [1.54, 1.807) is 10.6 Å². The summed E-state index contributed by atoms with van der Waals surface area (Å²) in [5.74, 6) is 0.978. The Kier molecular flexibility index (Phi) is 6.14. The van der Waals surface area contributed by atoms with Crippen molar-refractivity contribution < 1.29 is 4.79 Å². The monoisotopic (exact) mass is 406 g/mol. The number of para-hydroxylation sites is 1. The molecule has 4 nitrogen and oxygen atoms in total. The summed E-state index contributed by atoms with van der Waals surface area (Å²) in [6.07, 6.45) is 6.46. The molecule has 4 rings (SSSR count). The van der Waals surface area contributed by atoms with Gasteiger partial charge in [0, 0.05) is 12.1 Å². The van der Waals surface area contributed by atoms with E-state index in [2.05, 4.69) is 17.1 Å². The standard InChI is InChI=1S/C24H26N2O2S/c1-2-26-23(28)20-10-6-7-11-21(20)25-24(26)29-16-22(27)19-14-12-18(13-15-19)17-8-4-3-5-9-17/h6-7,10-15,17H,2-5,8-9,16H2,1H3. The maximum atomic E-state index is 12.7. The van der Waals surface area contributed by atoms with Gasteiger partial charge in [0.25, 0.3) is 5.56 Å². The minimum absolute atomic E-state index is 0.0510. The third-order valence-corrected chi connectivity index (χ3v) is 6.76. The van der Waals surface area contributed by atoms with Crippen molar-refractivity contribution in [2.45, 2.75) is 56.6 Å². The van der Waals surface area contributed by atoms with Crippen molar-refractivity contribution in [2.75, 3.05) is 5.75 Å². The largest absolute Gasteiger partial charge is 0.293 e. The predicted molar refractivity (Wildman–Crippen MR) is 119 cm³/mol. The Morgan fingerprint density at radius 3 is 2.52 bits per heavy atom. The van der Waals surface area contributed by atoms with Crippen molar-refractivity contribution in [2.24, 2.45) is 0 Å². The number of fused-ring (bicyclic) bond motifs is 1. The van der Waals surface area contributed by atoms with E-state index >= 15 is 0 Å². The Hall–Kier alpha value is -2.40. The topological polar surface area (TPSA) is 52.0 Å². The van der Waals surface area contributed by atoms with Gasteiger partial charge in [-0.2, -0.15) is 0 Å². The third kappa shape index (κ3) is 4.30. The van der Waals surface area contributed by atoms with Crippen molar-refractivity contribution in [3.8, 4) is 0 Å². The molecule has 1 aliphatic carbocycles. The van der Waals surface area contributed by atoms with E-state index in [4.69, 9.17) is 0 Å². The van der Waals surface area contributed by atoms with Gasteiger partial charge < -0.3 is 0 Å². The molecule has 0 atom stereocenters. The van der Waals surface area contributed by atoms with Crippen molar-refractivity contribution in [1.29, 1.82) is 0 Å². The van der Waals surface area contributed by atoms with Crippen LogP contribution >= 0.6 is 11.8 Å². The van der Waals surface area contributed by atoms with E-state index in [1.807, 2.05) is 37.3 Å². The summed E-state index contributed by atoms with van der Waals surface area (Å²) in [7, 11) is 0. The minimum Gasteiger partial charge on any atom is -0.293 e. The van der Waals surface area contributed by atoms with E-state index in [0.29, 0.717) is 28.5 Å². The Balaban J connectivity index is 1.49. The molecule has 1 aromatic heterocycles. The van der Waals surface area contributed by atoms with Gasteiger partial charge >= 0.3 is 0 Å². The second-order valence-electron chi connectivity index (χ2n) is 7.63. The predicted octanol–water partition coefficient (Wildman–Crippen LogP) is 5.44. The molecule has 2 aromatic carbocycles. The highest BCUT2D eigenvalue weighted by Crippen LogP contribution is 2.32. The fourth-order valence-corrected chi connectivity index (χ4v) is 5.08. The van der Waals surface area contributed by atoms with Crippen molar-refractivity contribution >= 4 is 28.4 Å². The van der Waals surface area contributed by atoms with Gasteiger partial charge in [-0.05, 0) is 43.4 Å². The Bertz CT molecular complexity index is 1070. The second kappa shape index (κ2) is 8.95. The van der Waals surface area contributed by atoms with E-state index in [0.717, 1.165) is 5.56 Å². The number of benzene rings is 2. The van der Waals surface area contributed by atoms with Crippen LogP contribution in [0.25, 0.3) is 10.9 Å². The van der Waals surface area contributed by atoms with Crippen molar-refractivity contribution in [1.82, 2.24) is 9.55 Å². The lowest BCUT2D eigenvalue weighted by atomic mass is 9.84. The summed E-state index contributed by atoms with van der Waals surface area (Å²) in [4.78, 5) is 30.0. The number of thioether (sulfide) groups is 1. The lowest BCUT2D eigenvalue weighted by molar-refractivity contribution is 0.102. The maximum absolute atomic E-state index is 12.7. The number of hydrogen-bond acceptors (Lipinski definition) is 4. The highest BCUT2D eigenvalue weighted by Gasteiger charge is 2.17. The van der Waals surface area contributed by atoms with Crippen LogP contribution in [0.15, 0.2) is 58.5 Å². The van der Waals surface area contributed by atoms with Crippen molar-refractivity contribution in [3.05, 3.63) is 70.0 Å². The van der Waals surface area contributed by atoms with Gasteiger partial charge in [0.15, 0.2) is 10.9 Å². The Labute approximate surface area is 175 Å². The molecule has 0 spiro atoms. The van der Waals surface area contributed by atoms with Crippen molar-refractivity contribution in [3.63, 3.8) is 0 Å². The molecule has 0 amide bonds. The minimum atomic E-state index is -0.0510. The van der Waals surface area contributed by atoms with Gasteiger partial charge in [-0.1, -0.05) is 67.4 Å². The number of nitrogens with zero attached hydrogens (tertiary/aromatic N) is 2. The zero-order valence-corrected chi connectivity index (χ0v) is 17.6. The van der Waals surface area contributed by atoms with Crippen LogP contribution in [0, 0.1) is 0 Å². The first-order chi connectivity index (χ1) is 14.2. The number of ketones is 1. The summed E-state index contributed by atoms with van der Waals surface area (Å²) < 4.78 is 1.65. The van der Waals surface area contributed by atoms with Gasteiger partial charge in [-0.3, -0.25) is 14.2 Å². The maximum Gasteiger partial charge on any atom is 0.262 e. The highest BCUT2D eigenvalue weighted by molar-refractivity contribution is 7.99. The van der Waals surface area contributed by atoms with E-state index in [1.165, 1.54) is 49.4 Å². The zero-order valence-electron chi connectivity index (χ0n) is 16.8. The van der Waals surface area contributed by atoms with Crippen LogP contribution < -0.4 is 5.56 Å². The summed E-state index contributed by atoms with van der Waals surface area (Å²) in [6.45, 7) is 2.46. The normalized spacial score (nSPS) is 14.9. The molecule has 5 heteroatoms. The third-order valence-electron chi connectivity index (χ3n) is 5.78. The van der Waals surface area contributed by atoms with Crippen LogP contribution in [0.5, 0.6) is 0 Å². The van der Waals surface area contributed by atoms with Crippen LogP contribution in [0.3, 0.4) is 0 Å². The summed E-state index contributed by atoms with van der Waals surface area (Å²) >= 11 is 1.34. The van der Waals surface area contributed by atoms with Gasteiger partial charge in [-0.15, -0.1) is 0 Å². The van der Waals surface area contributed by atoms with Crippen LogP contribution in [0.2, 0.25) is 0 Å². The molecule has 0 saturated heterocycles. The molecule has 150 valence electrons. The van der Waals surface area contributed by atoms with Gasteiger partial charge in [-0.25, -0.2) is 4.98 Å². The molecule has 0 N–H and O–H groups in total. The van der Waals surface area contributed by atoms with Gasteiger partial charge in [0.1, 0.15) is 0 Å². The molecule has 1 fully saturated rings. The van der Waals surface area contributed by atoms with E-state index in [9.17, 15) is 9.59 Å². The number of carbonyl (C=O) groups is 1. The first-order valence-electron chi connectivity index (χ1n) is 10.4. The number of aromatic nitrogens is 2. The molecular weight excluding hydrogens is 380 g/mol. The number of rotatable bonds is 6. The molecule has 0 aliphatic heterocycles. The first-order valence-corrected chi connectivity index (χ1v) is 11.4. The molecule has 1 saturated carbocycles. The SMILES string of the molecule is CCn1c(SCC(=O)c2ccc(C3CCCCC3)cc2)nc2ccccc2c1=O. The lowest BCUT2D eigenvalue weighted by Crippen LogP contribution is -2.22. The average Bonchev–Trinajstić information content (AvgIpc) is 2.78. The number of carbonyl (C=O) groups excluding carboxylic acids is 1. The van der Waals surface area contributed by atoms with Crippen LogP contribution in [-0.4, -0.2) is 21.1 Å². The second-order valence-corrected chi connectivity index (χ2v) is 8.57. The quantitative estimate of drug-likeness (QED) is 0.311. The fraction of sp³-hybridized carbons (Fsp3) is 0.375. The van der Waals surface area contributed by atoms with Gasteiger partial charge in [0.2, 0.25) is 0 Å². The Morgan fingerprint density at radius 2 is 1.79 bits per heavy atom. The molecule has 0 bridgehead atoms. The summed E-state index contributed by atoms with van der Waals surface area (Å²) in [5, 5.41) is 1.21. The number of Topliss-reactive ketones (excluding diaryl/α,β-unsaturated/α-hetero) is 1. The molecule has 1 aliphatic rings. The van der Waals surface area contributed by atoms with E-state index in [-0.39, 0.29) is 17.1 Å². The molecule has 0 unspecified atom stereocenters. The molecule has 1 heterocycles. The Morgan fingerprint density at radius 1 is 1.07 bits per heavy atom. The van der Waals surface area contributed by atoms with Gasteiger partial charge in [0.05, 0.1) is 16.7 Å². The number of hydrogen-bond donors (Lipinski definition) is 0. The average molecular weight is 407 g/mol. The molecule has 29 heavy (non-hydrogen) atoms. The fourth-order valence-electron chi connectivity index (χ4n) is 4.13. The highest BCUT2D eigenvalue weighted by atomic mass is 32.2. The first kappa shape index (κ1) is 19.9. The summed E-state index contributed by atoms with van der Waals surface area (Å²) in [5.41, 5.74) is 2.70. The summed E-state index contributed by atoms with van der Waals surface area (Å²) in [6, 6.07) is 15.5. The molecular formula is C24H26N2O2S. The zero-order chi connectivity index (χ0) is 20.2. The molecule has 0 radical (unpaired) electrons. The smallest absolute Gasteiger partial charge is 0.262 e. The van der Waals surface area contributed by atoms with E-state index < -0.39 is 0 Å². The van der Waals surface area contributed by atoms with Crippen LogP contribution in [-0.2, 0) is 6.54 Å². The van der Waals surface area contributed by atoms with Crippen LogP contribution in [0.4, 0.5) is 0 Å². The lowest BCUT2D eigenvalue weighted by Gasteiger charge is -2.22. The molecule has 3 aromatic rings. The van der Waals surface area contributed by atoms with Crippen LogP contribution in [0.1, 0.15) is 60.9 Å².